The number of hydrogen-bond donors (Lipinski definition) is 0. The number of ether oxygens (including phenoxy) is 2. The van der Waals surface area contributed by atoms with Crippen molar-refractivity contribution in [1.82, 2.24) is 9.88 Å². The van der Waals surface area contributed by atoms with E-state index in [9.17, 15) is 9.59 Å². The molecule has 1 heterocycles. The Kier molecular flexibility index (Phi) is 7.59. The van der Waals surface area contributed by atoms with Gasteiger partial charge in [-0.25, -0.2) is 0 Å². The number of carbonyl (C=O) groups is 2. The molecule has 0 spiro atoms. The van der Waals surface area contributed by atoms with Crippen LogP contribution in [-0.4, -0.2) is 42.0 Å². The van der Waals surface area contributed by atoms with E-state index in [4.69, 9.17) is 9.47 Å². The van der Waals surface area contributed by atoms with Crippen LogP contribution in [0.25, 0.3) is 0 Å². The molecule has 6 nitrogen and oxygen atoms in total. The van der Waals surface area contributed by atoms with Crippen LogP contribution in [0.4, 0.5) is 0 Å². The molecule has 1 amide bonds. The molecule has 0 atom stereocenters. The summed E-state index contributed by atoms with van der Waals surface area (Å²) >= 11 is 3.41. The fraction of sp³-hybridized carbons (Fsp3) is 0.316. The number of esters is 1. The molecule has 1 aromatic carbocycles. The molecule has 0 aliphatic heterocycles. The summed E-state index contributed by atoms with van der Waals surface area (Å²) in [6.45, 7) is 2.66. The predicted octanol–water partition coefficient (Wildman–Crippen LogP) is 3.45. The van der Waals surface area contributed by atoms with Gasteiger partial charge in [-0.05, 0) is 52.7 Å². The van der Waals surface area contributed by atoms with Crippen molar-refractivity contribution in [2.45, 2.75) is 19.9 Å². The molecule has 0 saturated carbocycles. The fourth-order valence-electron chi connectivity index (χ4n) is 2.39. The minimum absolute atomic E-state index is 0.126. The van der Waals surface area contributed by atoms with Crippen LogP contribution in [0.15, 0.2) is 47.2 Å². The van der Waals surface area contributed by atoms with Gasteiger partial charge in [-0.15, -0.1) is 0 Å². The standard InChI is InChI=1S/C19H21BrN2O4/c1-3-26-18(23)8-10-22(13-14-5-4-9-21-12-14)19(24)16-11-15(25-2)6-7-17(16)20/h4-7,9,11-12H,3,8,10,13H2,1-2H3. The number of methoxy groups -OCH3 is 1. The van der Waals surface area contributed by atoms with Gasteiger partial charge in [0.15, 0.2) is 0 Å². The number of hydrogen-bond acceptors (Lipinski definition) is 5. The van der Waals surface area contributed by atoms with Crippen molar-refractivity contribution in [2.75, 3.05) is 20.3 Å². The SMILES string of the molecule is CCOC(=O)CCN(Cc1cccnc1)C(=O)c1cc(OC)ccc1Br. The highest BCUT2D eigenvalue weighted by Crippen LogP contribution is 2.24. The van der Waals surface area contributed by atoms with Crippen molar-refractivity contribution in [3.63, 3.8) is 0 Å². The largest absolute Gasteiger partial charge is 0.497 e. The zero-order valence-electron chi connectivity index (χ0n) is 14.8. The fourth-order valence-corrected chi connectivity index (χ4v) is 2.81. The van der Waals surface area contributed by atoms with Crippen LogP contribution in [0, 0.1) is 0 Å². The van der Waals surface area contributed by atoms with Crippen molar-refractivity contribution < 1.29 is 19.1 Å². The van der Waals surface area contributed by atoms with Gasteiger partial charge in [0.2, 0.25) is 0 Å². The number of benzene rings is 1. The highest BCUT2D eigenvalue weighted by atomic mass is 79.9. The van der Waals surface area contributed by atoms with Crippen molar-refractivity contribution in [1.29, 1.82) is 0 Å². The van der Waals surface area contributed by atoms with Crippen LogP contribution in [0.5, 0.6) is 5.75 Å². The second kappa shape index (κ2) is 9.91. The van der Waals surface area contributed by atoms with Crippen LogP contribution in [0.2, 0.25) is 0 Å². The number of nitrogens with zero attached hydrogens (tertiary/aromatic N) is 2. The van der Waals surface area contributed by atoms with Gasteiger partial charge in [0, 0.05) is 30.0 Å². The average molecular weight is 421 g/mol. The molecular formula is C19H21BrN2O4. The van der Waals surface area contributed by atoms with Crippen LogP contribution >= 0.6 is 15.9 Å². The Balaban J connectivity index is 2.23. The van der Waals surface area contributed by atoms with E-state index in [1.54, 1.807) is 49.5 Å². The van der Waals surface area contributed by atoms with Crippen molar-refractivity contribution in [3.8, 4) is 5.75 Å². The van der Waals surface area contributed by atoms with Crippen LogP contribution in [0.3, 0.4) is 0 Å². The first-order valence-electron chi connectivity index (χ1n) is 8.22. The van der Waals surface area contributed by atoms with Gasteiger partial charge in [0.05, 0.1) is 25.7 Å². The van der Waals surface area contributed by atoms with Crippen LogP contribution in [-0.2, 0) is 16.1 Å². The number of rotatable bonds is 8. The molecule has 138 valence electrons. The summed E-state index contributed by atoms with van der Waals surface area (Å²) in [7, 11) is 1.55. The Morgan fingerprint density at radius 3 is 2.73 bits per heavy atom. The summed E-state index contributed by atoms with van der Waals surface area (Å²) in [4.78, 5) is 30.5. The van der Waals surface area contributed by atoms with Crippen molar-refractivity contribution in [2.24, 2.45) is 0 Å². The first-order chi connectivity index (χ1) is 12.5. The molecule has 0 unspecified atom stereocenters. The lowest BCUT2D eigenvalue weighted by atomic mass is 10.1. The van der Waals surface area contributed by atoms with E-state index in [1.165, 1.54) is 0 Å². The third kappa shape index (κ3) is 5.56. The zero-order chi connectivity index (χ0) is 18.9. The molecule has 2 rings (SSSR count). The van der Waals surface area contributed by atoms with E-state index >= 15 is 0 Å². The normalized spacial score (nSPS) is 10.3. The third-order valence-electron chi connectivity index (χ3n) is 3.68. The molecule has 1 aromatic heterocycles. The quantitative estimate of drug-likeness (QED) is 0.611. The van der Waals surface area contributed by atoms with Gasteiger partial charge >= 0.3 is 5.97 Å². The topological polar surface area (TPSA) is 68.7 Å². The lowest BCUT2D eigenvalue weighted by molar-refractivity contribution is -0.143. The van der Waals surface area contributed by atoms with Crippen LogP contribution < -0.4 is 4.74 Å². The highest BCUT2D eigenvalue weighted by molar-refractivity contribution is 9.10. The minimum atomic E-state index is -0.332. The van der Waals surface area contributed by atoms with E-state index in [-0.39, 0.29) is 24.8 Å². The Morgan fingerprint density at radius 1 is 1.27 bits per heavy atom. The first-order valence-corrected chi connectivity index (χ1v) is 9.01. The average Bonchev–Trinajstić information content (AvgIpc) is 2.66. The van der Waals surface area contributed by atoms with E-state index < -0.39 is 0 Å². The summed E-state index contributed by atoms with van der Waals surface area (Å²) < 4.78 is 10.8. The molecule has 0 saturated heterocycles. The van der Waals surface area contributed by atoms with Gasteiger partial charge < -0.3 is 14.4 Å². The molecule has 0 N–H and O–H groups in total. The molecule has 0 radical (unpaired) electrons. The smallest absolute Gasteiger partial charge is 0.307 e. The molecule has 0 aliphatic rings. The van der Waals surface area contributed by atoms with E-state index in [0.29, 0.717) is 28.9 Å². The molecule has 7 heteroatoms. The van der Waals surface area contributed by atoms with E-state index in [0.717, 1.165) is 5.56 Å². The minimum Gasteiger partial charge on any atom is -0.497 e. The van der Waals surface area contributed by atoms with Gasteiger partial charge in [-0.3, -0.25) is 14.6 Å². The Labute approximate surface area is 161 Å². The van der Waals surface area contributed by atoms with E-state index in [1.807, 2.05) is 12.1 Å². The number of amides is 1. The van der Waals surface area contributed by atoms with Gasteiger partial charge in [0.25, 0.3) is 5.91 Å². The maximum Gasteiger partial charge on any atom is 0.307 e. The summed E-state index contributed by atoms with van der Waals surface area (Å²) in [5.74, 6) is 0.0494. The third-order valence-corrected chi connectivity index (χ3v) is 4.37. The highest BCUT2D eigenvalue weighted by Gasteiger charge is 2.20. The molecule has 0 fully saturated rings. The zero-order valence-corrected chi connectivity index (χ0v) is 16.4. The number of aromatic nitrogens is 1. The maximum atomic E-state index is 13.1. The van der Waals surface area contributed by atoms with E-state index in [2.05, 4.69) is 20.9 Å². The lowest BCUT2D eigenvalue weighted by Crippen LogP contribution is -2.33. The first kappa shape index (κ1) is 19.9. The second-order valence-corrected chi connectivity index (χ2v) is 6.34. The molecule has 26 heavy (non-hydrogen) atoms. The van der Waals surface area contributed by atoms with Gasteiger partial charge in [-0.1, -0.05) is 6.07 Å². The lowest BCUT2D eigenvalue weighted by Gasteiger charge is -2.23. The summed E-state index contributed by atoms with van der Waals surface area (Å²) in [5.41, 5.74) is 1.35. The van der Waals surface area contributed by atoms with Gasteiger partial charge in [-0.2, -0.15) is 0 Å². The maximum absolute atomic E-state index is 13.1. The summed E-state index contributed by atoms with van der Waals surface area (Å²) in [6.07, 6.45) is 3.50. The molecule has 2 aromatic rings. The Bertz CT molecular complexity index is 752. The molecule has 0 aliphatic carbocycles. The summed E-state index contributed by atoms with van der Waals surface area (Å²) in [6, 6.07) is 8.90. The number of halogens is 1. The van der Waals surface area contributed by atoms with Gasteiger partial charge in [0.1, 0.15) is 5.75 Å². The predicted molar refractivity (Wildman–Crippen MR) is 101 cm³/mol. The Morgan fingerprint density at radius 2 is 2.08 bits per heavy atom. The molecular weight excluding hydrogens is 400 g/mol. The monoisotopic (exact) mass is 420 g/mol. The second-order valence-electron chi connectivity index (χ2n) is 5.49. The van der Waals surface area contributed by atoms with Crippen molar-refractivity contribution >= 4 is 27.8 Å². The van der Waals surface area contributed by atoms with Crippen molar-refractivity contribution in [3.05, 3.63) is 58.3 Å². The molecule has 0 bridgehead atoms. The summed E-state index contributed by atoms with van der Waals surface area (Å²) in [5, 5.41) is 0. The number of pyridine rings is 1. The Hall–Kier alpha value is -2.41. The van der Waals surface area contributed by atoms with Crippen LogP contribution in [0.1, 0.15) is 29.3 Å². The number of carbonyl (C=O) groups excluding carboxylic acids is 2.